The molecule has 1 aliphatic rings. The van der Waals surface area contributed by atoms with E-state index in [1.807, 2.05) is 0 Å². The van der Waals surface area contributed by atoms with Gasteiger partial charge in [0, 0.05) is 12.8 Å². The van der Waals surface area contributed by atoms with Gasteiger partial charge in [0.05, 0.1) is 13.2 Å². The Balaban J connectivity index is 2.48. The van der Waals surface area contributed by atoms with E-state index in [-0.39, 0.29) is 19.4 Å². The van der Waals surface area contributed by atoms with Crippen LogP contribution in [0.4, 0.5) is 0 Å². The van der Waals surface area contributed by atoms with E-state index in [1.165, 1.54) is 116 Å². The van der Waals surface area contributed by atoms with Crippen LogP contribution in [0.25, 0.3) is 0 Å². The zero-order chi connectivity index (χ0) is 40.6. The fourth-order valence-electron chi connectivity index (χ4n) is 6.74. The van der Waals surface area contributed by atoms with Gasteiger partial charge >= 0.3 is 22.3 Å². The second-order valence-corrected chi connectivity index (χ2v) is 16.4. The van der Waals surface area contributed by atoms with Gasteiger partial charge in [-0.15, -0.1) is 0 Å². The van der Waals surface area contributed by atoms with E-state index in [9.17, 15) is 33.3 Å². The molecule has 0 aliphatic carbocycles. The van der Waals surface area contributed by atoms with Crippen molar-refractivity contribution in [3.63, 3.8) is 0 Å². The van der Waals surface area contributed by atoms with Crippen LogP contribution < -0.4 is 0 Å². The summed E-state index contributed by atoms with van der Waals surface area (Å²) in [6.45, 7) is 2.90. The summed E-state index contributed by atoms with van der Waals surface area (Å²) in [5.74, 6) is -0.931. The third-order valence-electron chi connectivity index (χ3n) is 10.2. The Morgan fingerprint density at radius 3 is 1.38 bits per heavy atom. The summed E-state index contributed by atoms with van der Waals surface area (Å²) in [7, 11) is -4.87. The summed E-state index contributed by atoms with van der Waals surface area (Å²) in [4.78, 5) is 25.3. The number of carbonyl (C=O) groups excluding carboxylic acids is 2. The molecule has 0 aromatic carbocycles. The molecule has 13 nitrogen and oxygen atoms in total. The Morgan fingerprint density at radius 2 is 0.964 bits per heavy atom. The Bertz CT molecular complexity index is 1040. The fraction of sp³-hybridized carbons (Fsp3) is 0.951. The van der Waals surface area contributed by atoms with Gasteiger partial charge in [-0.25, -0.2) is 4.18 Å². The fourth-order valence-corrected chi connectivity index (χ4v) is 7.05. The molecule has 55 heavy (non-hydrogen) atoms. The second-order valence-electron chi connectivity index (χ2n) is 15.3. The summed E-state index contributed by atoms with van der Waals surface area (Å²) in [5, 5.41) is 30.9. The first kappa shape index (κ1) is 51.6. The van der Waals surface area contributed by atoms with E-state index < -0.39 is 72.4 Å². The Kier molecular flexibility index (Phi) is 31.5. The van der Waals surface area contributed by atoms with Crippen LogP contribution in [0.5, 0.6) is 0 Å². The van der Waals surface area contributed by atoms with Gasteiger partial charge in [-0.3, -0.25) is 14.1 Å². The Hall–Kier alpha value is -1.39. The molecule has 6 atom stereocenters. The number of carbonyl (C=O) groups is 2. The quantitative estimate of drug-likeness (QED) is 0.0268. The van der Waals surface area contributed by atoms with Crippen LogP contribution in [0.2, 0.25) is 0 Å². The van der Waals surface area contributed by atoms with Gasteiger partial charge in [0.2, 0.25) is 0 Å². The van der Waals surface area contributed by atoms with Crippen LogP contribution in [-0.4, -0.2) is 96.9 Å². The number of rotatable bonds is 37. The minimum atomic E-state index is -4.87. The maximum absolute atomic E-state index is 12.8. The third-order valence-corrected chi connectivity index (χ3v) is 10.6. The minimum absolute atomic E-state index is 0.170. The summed E-state index contributed by atoms with van der Waals surface area (Å²) in [6.07, 6.45) is 21.7. The van der Waals surface area contributed by atoms with Crippen molar-refractivity contribution in [2.24, 2.45) is 0 Å². The highest BCUT2D eigenvalue weighted by Gasteiger charge is 2.45. The van der Waals surface area contributed by atoms with Crippen molar-refractivity contribution in [2.45, 2.75) is 230 Å². The van der Waals surface area contributed by atoms with E-state index in [0.717, 1.165) is 38.5 Å². The average molecular weight is 811 g/mol. The maximum Gasteiger partial charge on any atom is 0.397 e. The lowest BCUT2D eigenvalue weighted by Gasteiger charge is -2.40. The standard InChI is InChI=1S/C41H78O13S/c1-3-5-7-9-11-13-15-17-19-21-23-25-27-29-36(42)50-31-34(32-51-41-40(46)39(45)38(44)35(54-41)33-52-55(47,48)49)53-37(43)30-28-26-24-22-20-18-16-14-12-10-8-6-4-2/h34-35,38-41,44-46H,3-33H2,1-2H3,(H,47,48,49)/t34?,35-,38-,39+,40-,41+/m1/s1. The topological polar surface area (TPSA) is 195 Å². The van der Waals surface area contributed by atoms with Crippen LogP contribution in [-0.2, 0) is 43.1 Å². The second kappa shape index (κ2) is 33.6. The number of aliphatic hydroxyl groups is 3. The molecule has 0 aromatic rings. The summed E-state index contributed by atoms with van der Waals surface area (Å²) < 4.78 is 57.2. The van der Waals surface area contributed by atoms with E-state index in [4.69, 9.17) is 23.5 Å². The number of unbranched alkanes of at least 4 members (excludes halogenated alkanes) is 24. The van der Waals surface area contributed by atoms with Crippen molar-refractivity contribution in [3.8, 4) is 0 Å². The highest BCUT2D eigenvalue weighted by Crippen LogP contribution is 2.24. The first-order valence-corrected chi connectivity index (χ1v) is 23.1. The molecule has 1 aliphatic heterocycles. The van der Waals surface area contributed by atoms with Gasteiger partial charge in [-0.1, -0.05) is 168 Å². The van der Waals surface area contributed by atoms with Gasteiger partial charge in [0.1, 0.15) is 31.0 Å². The zero-order valence-electron chi connectivity index (χ0n) is 34.3. The summed E-state index contributed by atoms with van der Waals surface area (Å²) in [6, 6.07) is 0. The molecule has 326 valence electrons. The lowest BCUT2D eigenvalue weighted by Crippen LogP contribution is -2.59. The lowest BCUT2D eigenvalue weighted by molar-refractivity contribution is -0.304. The van der Waals surface area contributed by atoms with Gasteiger partial charge in [0.15, 0.2) is 12.4 Å². The highest BCUT2D eigenvalue weighted by molar-refractivity contribution is 7.80. The molecular formula is C41H78O13S. The molecule has 0 bridgehead atoms. The van der Waals surface area contributed by atoms with Gasteiger partial charge in [0.25, 0.3) is 0 Å². The molecule has 0 amide bonds. The molecule has 1 fully saturated rings. The smallest absolute Gasteiger partial charge is 0.397 e. The third kappa shape index (κ3) is 28.6. The molecule has 0 spiro atoms. The van der Waals surface area contributed by atoms with Crippen LogP contribution in [0.3, 0.4) is 0 Å². The van der Waals surface area contributed by atoms with Crippen molar-refractivity contribution in [1.29, 1.82) is 0 Å². The summed E-state index contributed by atoms with van der Waals surface area (Å²) >= 11 is 0. The van der Waals surface area contributed by atoms with Crippen LogP contribution in [0.15, 0.2) is 0 Å². The van der Waals surface area contributed by atoms with Crippen LogP contribution >= 0.6 is 0 Å². The Morgan fingerprint density at radius 1 is 0.564 bits per heavy atom. The number of hydrogen-bond donors (Lipinski definition) is 4. The first-order valence-electron chi connectivity index (χ1n) is 21.8. The molecule has 14 heteroatoms. The Labute approximate surface area is 332 Å². The molecule has 1 rings (SSSR count). The highest BCUT2D eigenvalue weighted by atomic mass is 32.3. The molecule has 0 radical (unpaired) electrons. The van der Waals surface area contributed by atoms with Crippen molar-refractivity contribution in [1.82, 2.24) is 0 Å². The van der Waals surface area contributed by atoms with Gasteiger partial charge in [-0.2, -0.15) is 8.42 Å². The van der Waals surface area contributed by atoms with E-state index in [2.05, 4.69) is 18.0 Å². The monoisotopic (exact) mass is 811 g/mol. The van der Waals surface area contributed by atoms with Crippen LogP contribution in [0.1, 0.15) is 194 Å². The lowest BCUT2D eigenvalue weighted by atomic mass is 9.99. The van der Waals surface area contributed by atoms with Gasteiger partial charge in [-0.05, 0) is 12.8 Å². The number of esters is 2. The first-order chi connectivity index (χ1) is 26.5. The molecule has 1 heterocycles. The predicted molar refractivity (Wildman–Crippen MR) is 212 cm³/mol. The normalized spacial score (nSPS) is 20.7. The molecule has 4 N–H and O–H groups in total. The van der Waals surface area contributed by atoms with Crippen molar-refractivity contribution in [2.75, 3.05) is 19.8 Å². The molecular weight excluding hydrogens is 733 g/mol. The minimum Gasteiger partial charge on any atom is -0.462 e. The summed E-state index contributed by atoms with van der Waals surface area (Å²) in [5.41, 5.74) is 0. The van der Waals surface area contributed by atoms with E-state index >= 15 is 0 Å². The van der Waals surface area contributed by atoms with Crippen LogP contribution in [0, 0.1) is 0 Å². The number of hydrogen-bond acceptors (Lipinski definition) is 12. The SMILES string of the molecule is CCCCCCCCCCCCCCCC(=O)OCC(CO[C@H]1O[C@H](COS(=O)(=O)O)[C@@H](O)[C@H](O)[C@H]1O)OC(=O)CCCCCCCCCCCCCCC. The van der Waals surface area contributed by atoms with Crippen molar-refractivity contribution >= 4 is 22.3 Å². The molecule has 0 saturated carbocycles. The number of ether oxygens (including phenoxy) is 4. The zero-order valence-corrected chi connectivity index (χ0v) is 35.1. The van der Waals surface area contributed by atoms with Crippen molar-refractivity contribution in [3.05, 3.63) is 0 Å². The number of aliphatic hydroxyl groups excluding tert-OH is 3. The van der Waals surface area contributed by atoms with Crippen molar-refractivity contribution < 1.29 is 61.0 Å². The largest absolute Gasteiger partial charge is 0.462 e. The average Bonchev–Trinajstić information content (AvgIpc) is 3.15. The van der Waals surface area contributed by atoms with E-state index in [0.29, 0.717) is 12.8 Å². The van der Waals surface area contributed by atoms with E-state index in [1.54, 1.807) is 0 Å². The molecule has 1 saturated heterocycles. The predicted octanol–water partition coefficient (Wildman–Crippen LogP) is 8.05. The van der Waals surface area contributed by atoms with Gasteiger partial charge < -0.3 is 34.3 Å². The molecule has 1 unspecified atom stereocenters. The molecule has 0 aromatic heterocycles. The maximum atomic E-state index is 12.8.